The van der Waals surface area contributed by atoms with Gasteiger partial charge in [-0.3, -0.25) is 9.36 Å². The van der Waals surface area contributed by atoms with Crippen LogP contribution in [0.5, 0.6) is 5.75 Å². The number of imidazole rings is 1. The van der Waals surface area contributed by atoms with Crippen molar-refractivity contribution in [3.63, 3.8) is 0 Å². The lowest BCUT2D eigenvalue weighted by Gasteiger charge is -2.31. The maximum absolute atomic E-state index is 12.6. The summed E-state index contributed by atoms with van der Waals surface area (Å²) in [7, 11) is 1.56. The molecule has 0 spiro atoms. The summed E-state index contributed by atoms with van der Waals surface area (Å²) >= 11 is 0. The number of aromatic nitrogens is 4. The summed E-state index contributed by atoms with van der Waals surface area (Å²) in [6, 6.07) is 9.18. The molecular formula is C21H24N6O2. The van der Waals surface area contributed by atoms with Crippen LogP contribution in [0, 0.1) is 5.92 Å². The number of nitrogens with one attached hydrogen (secondary N) is 1. The van der Waals surface area contributed by atoms with E-state index in [2.05, 4.69) is 32.1 Å². The Bertz CT molecular complexity index is 1000. The predicted molar refractivity (Wildman–Crippen MR) is 111 cm³/mol. The van der Waals surface area contributed by atoms with E-state index in [1.807, 2.05) is 18.2 Å². The molecule has 1 N–H and O–H groups in total. The van der Waals surface area contributed by atoms with Gasteiger partial charge in [0.1, 0.15) is 35.7 Å². The van der Waals surface area contributed by atoms with Crippen LogP contribution in [-0.2, 0) is 0 Å². The lowest BCUT2D eigenvalue weighted by Crippen LogP contribution is -2.34. The summed E-state index contributed by atoms with van der Waals surface area (Å²) in [5, 5.41) is 2.83. The molecule has 0 radical (unpaired) electrons. The van der Waals surface area contributed by atoms with Crippen molar-refractivity contribution in [3.05, 3.63) is 54.9 Å². The number of ether oxygens (including phenoxy) is 1. The van der Waals surface area contributed by atoms with Crippen molar-refractivity contribution < 1.29 is 9.53 Å². The largest absolute Gasteiger partial charge is 0.495 e. The molecule has 150 valence electrons. The molecule has 4 rings (SSSR count). The first-order valence-electron chi connectivity index (χ1n) is 9.70. The Kier molecular flexibility index (Phi) is 5.41. The van der Waals surface area contributed by atoms with Crippen LogP contribution in [0.4, 0.5) is 11.5 Å². The molecule has 3 heterocycles. The highest BCUT2D eigenvalue weighted by Gasteiger charge is 2.19. The van der Waals surface area contributed by atoms with Crippen molar-refractivity contribution >= 4 is 17.4 Å². The molecular weight excluding hydrogens is 368 g/mol. The summed E-state index contributed by atoms with van der Waals surface area (Å²) in [6.45, 7) is 4.25. The minimum atomic E-state index is -0.313. The third kappa shape index (κ3) is 4.21. The number of carbonyl (C=O) groups is 1. The van der Waals surface area contributed by atoms with Gasteiger partial charge < -0.3 is 15.0 Å². The van der Waals surface area contributed by atoms with E-state index in [4.69, 9.17) is 4.74 Å². The number of anilines is 2. The molecule has 1 aliphatic heterocycles. The summed E-state index contributed by atoms with van der Waals surface area (Å²) in [5.41, 5.74) is 0.890. The van der Waals surface area contributed by atoms with Crippen molar-refractivity contribution in [2.45, 2.75) is 19.8 Å². The highest BCUT2D eigenvalue weighted by molar-refractivity contribution is 6.03. The average molecular weight is 392 g/mol. The lowest BCUT2D eigenvalue weighted by atomic mass is 10.0. The van der Waals surface area contributed by atoms with E-state index in [1.54, 1.807) is 42.7 Å². The smallest absolute Gasteiger partial charge is 0.275 e. The van der Waals surface area contributed by atoms with Crippen LogP contribution < -0.4 is 15.0 Å². The van der Waals surface area contributed by atoms with Gasteiger partial charge in [-0.05, 0) is 30.9 Å². The van der Waals surface area contributed by atoms with E-state index >= 15 is 0 Å². The number of nitrogens with zero attached hydrogens (tertiary/aromatic N) is 5. The van der Waals surface area contributed by atoms with Crippen LogP contribution in [0.3, 0.4) is 0 Å². The van der Waals surface area contributed by atoms with E-state index in [0.717, 1.165) is 18.9 Å². The number of rotatable bonds is 5. The third-order valence-corrected chi connectivity index (χ3v) is 5.05. The van der Waals surface area contributed by atoms with Gasteiger partial charge >= 0.3 is 0 Å². The number of methoxy groups -OCH3 is 1. The molecule has 1 aliphatic rings. The minimum Gasteiger partial charge on any atom is -0.495 e. The van der Waals surface area contributed by atoms with Crippen molar-refractivity contribution in [2.75, 3.05) is 30.4 Å². The second-order valence-corrected chi connectivity index (χ2v) is 7.25. The molecule has 0 saturated carbocycles. The Hall–Kier alpha value is -3.42. The number of amides is 1. The molecule has 29 heavy (non-hydrogen) atoms. The molecule has 1 aromatic carbocycles. The van der Waals surface area contributed by atoms with Gasteiger partial charge in [0.05, 0.1) is 12.8 Å². The molecule has 8 heteroatoms. The number of benzene rings is 1. The number of hydrogen-bond donors (Lipinski definition) is 1. The van der Waals surface area contributed by atoms with E-state index in [0.29, 0.717) is 28.9 Å². The monoisotopic (exact) mass is 392 g/mol. The van der Waals surface area contributed by atoms with Crippen LogP contribution in [0.1, 0.15) is 30.3 Å². The fourth-order valence-electron chi connectivity index (χ4n) is 3.55. The maximum atomic E-state index is 12.6. The molecule has 1 amide bonds. The van der Waals surface area contributed by atoms with Gasteiger partial charge in [-0.2, -0.15) is 0 Å². The van der Waals surface area contributed by atoms with Crippen molar-refractivity contribution in [1.82, 2.24) is 19.5 Å². The molecule has 2 aromatic heterocycles. The number of para-hydroxylation sites is 2. The zero-order valence-corrected chi connectivity index (χ0v) is 16.6. The fraction of sp³-hybridized carbons (Fsp3) is 0.333. The van der Waals surface area contributed by atoms with Crippen LogP contribution in [0.25, 0.3) is 5.82 Å². The van der Waals surface area contributed by atoms with Crippen molar-refractivity contribution in [1.29, 1.82) is 0 Å². The molecule has 1 unspecified atom stereocenters. The Labute approximate surface area is 169 Å². The Balaban J connectivity index is 1.51. The fourth-order valence-corrected chi connectivity index (χ4v) is 3.55. The Morgan fingerprint density at radius 1 is 1.21 bits per heavy atom. The molecule has 1 fully saturated rings. The zero-order chi connectivity index (χ0) is 20.2. The average Bonchev–Trinajstić information content (AvgIpc) is 3.25. The second kappa shape index (κ2) is 8.30. The van der Waals surface area contributed by atoms with E-state index in [9.17, 15) is 4.79 Å². The van der Waals surface area contributed by atoms with Gasteiger partial charge in [0, 0.05) is 25.4 Å². The van der Waals surface area contributed by atoms with Gasteiger partial charge in [0.2, 0.25) is 0 Å². The van der Waals surface area contributed by atoms with Crippen molar-refractivity contribution in [3.8, 4) is 11.6 Å². The molecule has 1 saturated heterocycles. The van der Waals surface area contributed by atoms with Crippen LogP contribution in [-0.4, -0.2) is 45.6 Å². The van der Waals surface area contributed by atoms with Gasteiger partial charge in [-0.25, -0.2) is 15.0 Å². The van der Waals surface area contributed by atoms with Crippen LogP contribution in [0.2, 0.25) is 0 Å². The normalized spacial score (nSPS) is 16.5. The first-order chi connectivity index (χ1) is 14.1. The lowest BCUT2D eigenvalue weighted by molar-refractivity contribution is 0.102. The highest BCUT2D eigenvalue weighted by Crippen LogP contribution is 2.24. The summed E-state index contributed by atoms with van der Waals surface area (Å²) in [6.07, 6.45) is 7.22. The second-order valence-electron chi connectivity index (χ2n) is 7.25. The first kappa shape index (κ1) is 18.9. The van der Waals surface area contributed by atoms with Gasteiger partial charge in [-0.1, -0.05) is 19.1 Å². The molecule has 3 aromatic rings. The SMILES string of the molecule is COc1ccccc1NC(=O)c1cn(-c2cc(N3CCCC(C)C3)ncn2)cn1. The molecule has 8 nitrogen and oxygen atoms in total. The van der Waals surface area contributed by atoms with Gasteiger partial charge in [0.25, 0.3) is 5.91 Å². The van der Waals surface area contributed by atoms with E-state index < -0.39 is 0 Å². The minimum absolute atomic E-state index is 0.294. The third-order valence-electron chi connectivity index (χ3n) is 5.05. The maximum Gasteiger partial charge on any atom is 0.275 e. The number of hydrogen-bond acceptors (Lipinski definition) is 6. The summed E-state index contributed by atoms with van der Waals surface area (Å²) in [4.78, 5) is 27.9. The Morgan fingerprint density at radius 3 is 2.86 bits per heavy atom. The highest BCUT2D eigenvalue weighted by atomic mass is 16.5. The molecule has 0 bridgehead atoms. The quantitative estimate of drug-likeness (QED) is 0.718. The topological polar surface area (TPSA) is 85.2 Å². The number of piperidine rings is 1. The predicted octanol–water partition coefficient (Wildman–Crippen LogP) is 3.16. The van der Waals surface area contributed by atoms with Gasteiger partial charge in [0.15, 0.2) is 0 Å². The van der Waals surface area contributed by atoms with E-state index in [-0.39, 0.29) is 5.91 Å². The van der Waals surface area contributed by atoms with Gasteiger partial charge in [-0.15, -0.1) is 0 Å². The van der Waals surface area contributed by atoms with Crippen LogP contribution in [0.15, 0.2) is 49.2 Å². The first-order valence-corrected chi connectivity index (χ1v) is 9.70. The molecule has 0 aliphatic carbocycles. The van der Waals surface area contributed by atoms with Crippen molar-refractivity contribution in [2.24, 2.45) is 5.92 Å². The van der Waals surface area contributed by atoms with E-state index in [1.165, 1.54) is 12.8 Å². The Morgan fingerprint density at radius 2 is 2.03 bits per heavy atom. The summed E-state index contributed by atoms with van der Waals surface area (Å²) < 4.78 is 7.00. The summed E-state index contributed by atoms with van der Waals surface area (Å²) in [5.74, 6) is 2.51. The number of carbonyl (C=O) groups excluding carboxylic acids is 1. The molecule has 1 atom stereocenters. The standard InChI is InChI=1S/C21H24N6O2/c1-15-6-5-9-26(11-15)19-10-20(23-13-22-19)27-12-17(24-14-27)21(28)25-16-7-3-4-8-18(16)29-2/h3-4,7-8,10,12-15H,5-6,9,11H2,1-2H3,(H,25,28). The zero-order valence-electron chi connectivity index (χ0n) is 16.6. The van der Waals surface area contributed by atoms with Crippen LogP contribution >= 0.6 is 0 Å².